The molecule has 0 aromatic rings. The maximum Gasteiger partial charge on any atom is 0.407 e. The molecule has 1 N–H and O–H groups in total. The van der Waals surface area contributed by atoms with Crippen LogP contribution in [0, 0.1) is 0 Å². The lowest BCUT2D eigenvalue weighted by atomic mass is 9.93. The molecule has 0 aromatic heterocycles. The fraction of sp³-hybridized carbons (Fsp3) is 0.900. The molecule has 2 atom stereocenters. The molecule has 1 rings (SSSR count). The summed E-state index contributed by atoms with van der Waals surface area (Å²) in [5, 5.41) is 8.88. The van der Waals surface area contributed by atoms with Crippen molar-refractivity contribution >= 4 is 6.09 Å². The molecule has 0 saturated carbocycles. The Kier molecular flexibility index (Phi) is 3.37. The normalized spacial score (nSPS) is 34.1. The predicted octanol–water partition coefficient (Wildman–Crippen LogP) is 1.47. The fourth-order valence-corrected chi connectivity index (χ4v) is 2.12. The minimum absolute atomic E-state index is 0.175. The van der Waals surface area contributed by atoms with Gasteiger partial charge in [-0.3, -0.25) is 0 Å². The Morgan fingerprint density at radius 1 is 1.36 bits per heavy atom. The lowest BCUT2D eigenvalue weighted by Crippen LogP contribution is -2.51. The third-order valence-corrected chi connectivity index (χ3v) is 3.47. The average Bonchev–Trinajstić information content (AvgIpc) is 2.12. The number of nitrogens with zero attached hydrogens (tertiary/aromatic N) is 2. The summed E-state index contributed by atoms with van der Waals surface area (Å²) in [7, 11) is 3.77. The smallest absolute Gasteiger partial charge is 0.407 e. The Balaban J connectivity index is 2.62. The average molecular weight is 200 g/mol. The van der Waals surface area contributed by atoms with Crippen molar-refractivity contribution in [2.75, 3.05) is 14.1 Å². The Hall–Kier alpha value is -0.770. The number of likely N-dealkylation sites (tertiary alicyclic amines) is 1. The summed E-state index contributed by atoms with van der Waals surface area (Å²) in [4.78, 5) is 14.6. The summed E-state index contributed by atoms with van der Waals surface area (Å²) >= 11 is 0. The number of carbonyl (C=O) groups is 1. The highest BCUT2D eigenvalue weighted by atomic mass is 16.4. The van der Waals surface area contributed by atoms with Crippen LogP contribution in [0.15, 0.2) is 0 Å². The first kappa shape index (κ1) is 11.3. The van der Waals surface area contributed by atoms with E-state index < -0.39 is 6.09 Å². The van der Waals surface area contributed by atoms with Crippen LogP contribution in [0.5, 0.6) is 0 Å². The van der Waals surface area contributed by atoms with Crippen molar-refractivity contribution in [1.29, 1.82) is 0 Å². The molecule has 2 unspecified atom stereocenters. The quantitative estimate of drug-likeness (QED) is 0.697. The van der Waals surface area contributed by atoms with Gasteiger partial charge in [-0.2, -0.15) is 0 Å². The van der Waals surface area contributed by atoms with E-state index in [1.807, 2.05) is 0 Å². The van der Waals surface area contributed by atoms with Gasteiger partial charge in [-0.1, -0.05) is 0 Å². The molecular formula is C10H20N2O2. The van der Waals surface area contributed by atoms with Crippen molar-refractivity contribution in [3.05, 3.63) is 0 Å². The highest BCUT2D eigenvalue weighted by molar-refractivity contribution is 5.65. The minimum atomic E-state index is -0.820. The van der Waals surface area contributed by atoms with Gasteiger partial charge in [0, 0.05) is 25.2 Å². The van der Waals surface area contributed by atoms with E-state index in [-0.39, 0.29) is 6.04 Å². The minimum Gasteiger partial charge on any atom is -0.465 e. The Morgan fingerprint density at radius 3 is 2.14 bits per heavy atom. The second-order valence-electron chi connectivity index (χ2n) is 4.38. The maximum absolute atomic E-state index is 10.8. The van der Waals surface area contributed by atoms with Gasteiger partial charge >= 0.3 is 6.09 Å². The Morgan fingerprint density at radius 2 is 1.79 bits per heavy atom. The van der Waals surface area contributed by atoms with Crippen molar-refractivity contribution in [3.8, 4) is 0 Å². The van der Waals surface area contributed by atoms with Crippen molar-refractivity contribution in [2.45, 2.75) is 44.8 Å². The molecule has 0 aliphatic carbocycles. The van der Waals surface area contributed by atoms with Crippen LogP contribution in [-0.4, -0.2) is 53.2 Å². The largest absolute Gasteiger partial charge is 0.465 e. The molecule has 82 valence electrons. The van der Waals surface area contributed by atoms with Crippen molar-refractivity contribution < 1.29 is 9.90 Å². The van der Waals surface area contributed by atoms with E-state index in [2.05, 4.69) is 25.8 Å². The van der Waals surface area contributed by atoms with Crippen molar-refractivity contribution in [2.24, 2.45) is 0 Å². The lowest BCUT2D eigenvalue weighted by Gasteiger charge is -2.42. The summed E-state index contributed by atoms with van der Waals surface area (Å²) in [6.45, 7) is 4.30. The summed E-state index contributed by atoms with van der Waals surface area (Å²) in [5.74, 6) is 0. The summed E-state index contributed by atoms with van der Waals surface area (Å²) in [5.41, 5.74) is 0. The molecule has 4 nitrogen and oxygen atoms in total. The van der Waals surface area contributed by atoms with E-state index in [1.54, 1.807) is 7.05 Å². The van der Waals surface area contributed by atoms with Gasteiger partial charge < -0.3 is 14.9 Å². The van der Waals surface area contributed by atoms with Crippen molar-refractivity contribution in [1.82, 2.24) is 9.80 Å². The van der Waals surface area contributed by atoms with Crippen LogP contribution in [0.3, 0.4) is 0 Å². The van der Waals surface area contributed by atoms with Gasteiger partial charge in [0.05, 0.1) is 0 Å². The number of hydrogen-bond acceptors (Lipinski definition) is 2. The van der Waals surface area contributed by atoms with Crippen LogP contribution in [0.1, 0.15) is 26.7 Å². The molecule has 1 amide bonds. The zero-order chi connectivity index (χ0) is 10.9. The second-order valence-corrected chi connectivity index (χ2v) is 4.38. The Bertz CT molecular complexity index is 208. The molecule has 4 heteroatoms. The van der Waals surface area contributed by atoms with Gasteiger partial charge in [0.2, 0.25) is 0 Å². The SMILES string of the molecule is CC1CC(N(C)C(=O)O)CC(C)N1C. The van der Waals surface area contributed by atoms with Crippen LogP contribution in [-0.2, 0) is 0 Å². The lowest BCUT2D eigenvalue weighted by molar-refractivity contribution is 0.0623. The topological polar surface area (TPSA) is 43.8 Å². The van der Waals surface area contributed by atoms with Gasteiger partial charge in [0.1, 0.15) is 0 Å². The first-order valence-corrected chi connectivity index (χ1v) is 5.11. The van der Waals surface area contributed by atoms with Gasteiger partial charge in [0.25, 0.3) is 0 Å². The predicted molar refractivity (Wildman–Crippen MR) is 55.5 cm³/mol. The number of carboxylic acid groups (broad SMARTS) is 1. The van der Waals surface area contributed by atoms with Crippen LogP contribution in [0.2, 0.25) is 0 Å². The second kappa shape index (κ2) is 4.17. The monoisotopic (exact) mass is 200 g/mol. The van der Waals surface area contributed by atoms with Gasteiger partial charge in [-0.15, -0.1) is 0 Å². The third kappa shape index (κ3) is 2.18. The highest BCUT2D eigenvalue weighted by Crippen LogP contribution is 2.24. The molecule has 0 radical (unpaired) electrons. The number of amides is 1. The summed E-state index contributed by atoms with van der Waals surface area (Å²) < 4.78 is 0. The Labute approximate surface area is 85.5 Å². The van der Waals surface area contributed by atoms with E-state index in [0.717, 1.165) is 12.8 Å². The van der Waals surface area contributed by atoms with Gasteiger partial charge in [-0.05, 0) is 33.7 Å². The van der Waals surface area contributed by atoms with Crippen LogP contribution >= 0.6 is 0 Å². The highest BCUT2D eigenvalue weighted by Gasteiger charge is 2.31. The molecular weight excluding hydrogens is 180 g/mol. The number of rotatable bonds is 1. The van der Waals surface area contributed by atoms with E-state index in [0.29, 0.717) is 12.1 Å². The van der Waals surface area contributed by atoms with Crippen molar-refractivity contribution in [3.63, 3.8) is 0 Å². The molecule has 1 heterocycles. The van der Waals surface area contributed by atoms with Gasteiger partial charge in [-0.25, -0.2) is 4.79 Å². The molecule has 1 aliphatic heterocycles. The zero-order valence-corrected chi connectivity index (χ0v) is 9.40. The zero-order valence-electron chi connectivity index (χ0n) is 9.40. The third-order valence-electron chi connectivity index (χ3n) is 3.47. The summed E-state index contributed by atoms with van der Waals surface area (Å²) in [6.07, 6.45) is 1.05. The fourth-order valence-electron chi connectivity index (χ4n) is 2.12. The summed E-state index contributed by atoms with van der Waals surface area (Å²) in [6, 6.07) is 1.10. The maximum atomic E-state index is 10.8. The molecule has 14 heavy (non-hydrogen) atoms. The standard InChI is InChI=1S/C10H20N2O2/c1-7-5-9(12(4)10(13)14)6-8(2)11(7)3/h7-9H,5-6H2,1-4H3,(H,13,14). The van der Waals surface area contributed by atoms with E-state index in [9.17, 15) is 4.79 Å². The van der Waals surface area contributed by atoms with E-state index in [1.165, 1.54) is 4.90 Å². The van der Waals surface area contributed by atoms with Crippen LogP contribution in [0.4, 0.5) is 4.79 Å². The number of piperidine rings is 1. The van der Waals surface area contributed by atoms with Crippen LogP contribution in [0.25, 0.3) is 0 Å². The van der Waals surface area contributed by atoms with E-state index in [4.69, 9.17) is 5.11 Å². The van der Waals surface area contributed by atoms with Crippen LogP contribution < -0.4 is 0 Å². The molecule has 1 aliphatic rings. The van der Waals surface area contributed by atoms with E-state index >= 15 is 0 Å². The first-order valence-electron chi connectivity index (χ1n) is 5.11. The van der Waals surface area contributed by atoms with Gasteiger partial charge in [0.15, 0.2) is 0 Å². The molecule has 1 fully saturated rings. The molecule has 0 spiro atoms. The molecule has 0 aromatic carbocycles. The number of hydrogen-bond donors (Lipinski definition) is 1. The molecule has 1 saturated heterocycles. The first-order chi connectivity index (χ1) is 6.43. The molecule has 0 bridgehead atoms.